The van der Waals surface area contributed by atoms with Crippen LogP contribution in [-0.4, -0.2) is 25.3 Å². The Labute approximate surface area is 149 Å². The van der Waals surface area contributed by atoms with Crippen molar-refractivity contribution in [2.24, 2.45) is 5.10 Å². The molecule has 6 heteroatoms. The fourth-order valence-electron chi connectivity index (χ4n) is 1.89. The molecule has 0 fully saturated rings. The lowest BCUT2D eigenvalue weighted by Gasteiger charge is -2.07. The van der Waals surface area contributed by atoms with Crippen LogP contribution in [0.2, 0.25) is 0 Å². The molecule has 5 nitrogen and oxygen atoms in total. The summed E-state index contributed by atoms with van der Waals surface area (Å²) in [6.07, 6.45) is 1.56. The molecule has 0 saturated heterocycles. The number of benzene rings is 2. The molecule has 24 heavy (non-hydrogen) atoms. The molecule has 0 saturated carbocycles. The Morgan fingerprint density at radius 3 is 2.62 bits per heavy atom. The maximum Gasteiger partial charge on any atom is 0.277 e. The average Bonchev–Trinajstić information content (AvgIpc) is 2.56. The van der Waals surface area contributed by atoms with Crippen molar-refractivity contribution in [3.05, 3.63) is 58.1 Å². The van der Waals surface area contributed by atoms with E-state index in [4.69, 9.17) is 9.47 Å². The van der Waals surface area contributed by atoms with E-state index in [0.29, 0.717) is 12.4 Å². The first-order valence-electron chi connectivity index (χ1n) is 7.52. The number of hydrogen-bond donors (Lipinski definition) is 1. The minimum atomic E-state index is -0.329. The molecule has 2 aromatic rings. The summed E-state index contributed by atoms with van der Waals surface area (Å²) >= 11 is 3.40. The summed E-state index contributed by atoms with van der Waals surface area (Å²) < 4.78 is 11.6. The van der Waals surface area contributed by atoms with Gasteiger partial charge in [0.15, 0.2) is 6.61 Å². The molecule has 0 heterocycles. The minimum absolute atomic E-state index is 0.109. The quantitative estimate of drug-likeness (QED) is 0.579. The van der Waals surface area contributed by atoms with E-state index in [0.717, 1.165) is 21.3 Å². The van der Waals surface area contributed by atoms with Crippen LogP contribution in [0, 0.1) is 6.92 Å². The van der Waals surface area contributed by atoms with Crippen molar-refractivity contribution in [3.8, 4) is 11.5 Å². The van der Waals surface area contributed by atoms with Crippen molar-refractivity contribution < 1.29 is 14.3 Å². The van der Waals surface area contributed by atoms with E-state index in [9.17, 15) is 4.79 Å². The summed E-state index contributed by atoms with van der Waals surface area (Å²) in [7, 11) is 0. The standard InChI is InChI=1S/C18H19BrN2O3/c1-3-23-15-7-5-14(6-8-15)11-20-21-18(22)12-24-17-9-4-13(2)10-16(17)19/h4-11H,3,12H2,1-2H3,(H,21,22)/b20-11+. The van der Waals surface area contributed by atoms with E-state index in [1.54, 1.807) is 6.21 Å². The number of aryl methyl sites for hydroxylation is 1. The number of amides is 1. The monoisotopic (exact) mass is 390 g/mol. The predicted molar refractivity (Wildman–Crippen MR) is 97.7 cm³/mol. The first-order chi connectivity index (χ1) is 11.6. The summed E-state index contributed by atoms with van der Waals surface area (Å²) in [5.41, 5.74) is 4.40. The molecule has 0 radical (unpaired) electrons. The summed E-state index contributed by atoms with van der Waals surface area (Å²) in [4.78, 5) is 11.7. The van der Waals surface area contributed by atoms with Crippen molar-refractivity contribution in [3.63, 3.8) is 0 Å². The van der Waals surface area contributed by atoms with Crippen LogP contribution in [0.3, 0.4) is 0 Å². The molecule has 0 aliphatic heterocycles. The molecule has 2 rings (SSSR count). The SMILES string of the molecule is CCOc1ccc(/C=N/NC(=O)COc2ccc(C)cc2Br)cc1. The van der Waals surface area contributed by atoms with Crippen molar-refractivity contribution in [2.45, 2.75) is 13.8 Å². The lowest BCUT2D eigenvalue weighted by molar-refractivity contribution is -0.123. The zero-order valence-electron chi connectivity index (χ0n) is 13.6. The topological polar surface area (TPSA) is 59.9 Å². The minimum Gasteiger partial charge on any atom is -0.494 e. The molecule has 0 aliphatic carbocycles. The van der Waals surface area contributed by atoms with Gasteiger partial charge in [-0.15, -0.1) is 0 Å². The van der Waals surface area contributed by atoms with E-state index in [1.807, 2.05) is 56.3 Å². The summed E-state index contributed by atoms with van der Waals surface area (Å²) in [5, 5.41) is 3.91. The second kappa shape index (κ2) is 9.08. The first-order valence-corrected chi connectivity index (χ1v) is 8.31. The van der Waals surface area contributed by atoms with Gasteiger partial charge in [-0.3, -0.25) is 4.79 Å². The van der Waals surface area contributed by atoms with E-state index in [-0.39, 0.29) is 12.5 Å². The highest BCUT2D eigenvalue weighted by molar-refractivity contribution is 9.10. The van der Waals surface area contributed by atoms with Gasteiger partial charge >= 0.3 is 0 Å². The average molecular weight is 391 g/mol. The molecule has 0 aliphatic rings. The highest BCUT2D eigenvalue weighted by Crippen LogP contribution is 2.25. The number of carbonyl (C=O) groups excluding carboxylic acids is 1. The van der Waals surface area contributed by atoms with Gasteiger partial charge in [0, 0.05) is 0 Å². The van der Waals surface area contributed by atoms with Crippen LogP contribution in [0.1, 0.15) is 18.1 Å². The van der Waals surface area contributed by atoms with Crippen molar-refractivity contribution in [1.29, 1.82) is 0 Å². The second-order valence-electron chi connectivity index (χ2n) is 5.02. The fourth-order valence-corrected chi connectivity index (χ4v) is 2.50. The van der Waals surface area contributed by atoms with Gasteiger partial charge in [-0.05, 0) is 77.3 Å². The van der Waals surface area contributed by atoms with Crippen LogP contribution >= 0.6 is 15.9 Å². The fraction of sp³-hybridized carbons (Fsp3) is 0.222. The molecule has 1 amide bonds. The number of halogens is 1. The van der Waals surface area contributed by atoms with E-state index in [1.165, 1.54) is 0 Å². The predicted octanol–water partition coefficient (Wildman–Crippen LogP) is 3.69. The number of nitrogens with zero attached hydrogens (tertiary/aromatic N) is 1. The highest BCUT2D eigenvalue weighted by atomic mass is 79.9. The number of hydrogen-bond acceptors (Lipinski definition) is 4. The normalized spacial score (nSPS) is 10.6. The molecule has 1 N–H and O–H groups in total. The van der Waals surface area contributed by atoms with Crippen LogP contribution in [0.15, 0.2) is 52.0 Å². The smallest absolute Gasteiger partial charge is 0.277 e. The van der Waals surface area contributed by atoms with Crippen LogP contribution < -0.4 is 14.9 Å². The van der Waals surface area contributed by atoms with Gasteiger partial charge in [0.05, 0.1) is 17.3 Å². The van der Waals surface area contributed by atoms with Gasteiger partial charge in [0.1, 0.15) is 11.5 Å². The highest BCUT2D eigenvalue weighted by Gasteiger charge is 2.05. The number of hydrazone groups is 1. The molecule has 2 aromatic carbocycles. The first kappa shape index (κ1) is 18.0. The number of rotatable bonds is 7. The van der Waals surface area contributed by atoms with Gasteiger partial charge in [0.2, 0.25) is 0 Å². The van der Waals surface area contributed by atoms with Crippen molar-refractivity contribution >= 4 is 28.1 Å². The van der Waals surface area contributed by atoms with Crippen LogP contribution in [-0.2, 0) is 4.79 Å². The van der Waals surface area contributed by atoms with Crippen LogP contribution in [0.4, 0.5) is 0 Å². The maximum atomic E-state index is 11.7. The molecule has 0 spiro atoms. The van der Waals surface area contributed by atoms with Gasteiger partial charge in [-0.25, -0.2) is 5.43 Å². The van der Waals surface area contributed by atoms with E-state index in [2.05, 4.69) is 26.5 Å². The van der Waals surface area contributed by atoms with Gasteiger partial charge in [-0.1, -0.05) is 6.07 Å². The third kappa shape index (κ3) is 5.70. The summed E-state index contributed by atoms with van der Waals surface area (Å²) in [5.74, 6) is 1.09. The van der Waals surface area contributed by atoms with E-state index >= 15 is 0 Å². The number of carbonyl (C=O) groups is 1. The molecule has 0 atom stereocenters. The Bertz CT molecular complexity index is 715. The number of nitrogens with one attached hydrogen (secondary N) is 1. The Balaban J connectivity index is 1.80. The molecular weight excluding hydrogens is 372 g/mol. The van der Waals surface area contributed by atoms with E-state index < -0.39 is 0 Å². The third-order valence-corrected chi connectivity index (χ3v) is 3.66. The Morgan fingerprint density at radius 1 is 1.21 bits per heavy atom. The molecular formula is C18H19BrN2O3. The number of ether oxygens (including phenoxy) is 2. The third-order valence-electron chi connectivity index (χ3n) is 3.04. The molecule has 0 bridgehead atoms. The summed E-state index contributed by atoms with van der Waals surface area (Å²) in [6, 6.07) is 13.1. The lowest BCUT2D eigenvalue weighted by atomic mass is 10.2. The van der Waals surface area contributed by atoms with Gasteiger partial charge in [-0.2, -0.15) is 5.10 Å². The molecule has 0 unspecified atom stereocenters. The van der Waals surface area contributed by atoms with Crippen LogP contribution in [0.25, 0.3) is 0 Å². The maximum absolute atomic E-state index is 11.7. The van der Waals surface area contributed by atoms with Crippen molar-refractivity contribution in [2.75, 3.05) is 13.2 Å². The molecule has 126 valence electrons. The Morgan fingerprint density at radius 2 is 1.96 bits per heavy atom. The Kier molecular flexibility index (Phi) is 6.81. The Hall–Kier alpha value is -2.34. The van der Waals surface area contributed by atoms with Gasteiger partial charge < -0.3 is 9.47 Å². The zero-order valence-corrected chi connectivity index (χ0v) is 15.2. The second-order valence-corrected chi connectivity index (χ2v) is 5.87. The zero-order chi connectivity index (χ0) is 17.4. The molecule has 0 aromatic heterocycles. The van der Waals surface area contributed by atoms with Gasteiger partial charge in [0.25, 0.3) is 5.91 Å². The lowest BCUT2D eigenvalue weighted by Crippen LogP contribution is -2.24. The summed E-state index contributed by atoms with van der Waals surface area (Å²) in [6.45, 7) is 4.43. The largest absolute Gasteiger partial charge is 0.494 e. The van der Waals surface area contributed by atoms with Crippen LogP contribution in [0.5, 0.6) is 11.5 Å². The van der Waals surface area contributed by atoms with Crippen molar-refractivity contribution in [1.82, 2.24) is 5.43 Å².